The zero-order valence-electron chi connectivity index (χ0n) is 44.3. The first-order chi connectivity index (χ1) is 33.5. The highest BCUT2D eigenvalue weighted by Gasteiger charge is 2.53. The summed E-state index contributed by atoms with van der Waals surface area (Å²) in [7, 11) is 5.25. The Kier molecular flexibility index (Phi) is 22.5. The Balaban J connectivity index is 0.000000389. The van der Waals surface area contributed by atoms with Gasteiger partial charge in [-0.2, -0.15) is 0 Å². The number of hydrogen-bond donors (Lipinski definition) is 6. The summed E-state index contributed by atoms with van der Waals surface area (Å²) < 4.78 is 14.6. The summed E-state index contributed by atoms with van der Waals surface area (Å²) in [6.45, 7) is 18.0. The molecule has 0 bridgehead atoms. The summed E-state index contributed by atoms with van der Waals surface area (Å²) in [6, 6.07) is 18.6. The summed E-state index contributed by atoms with van der Waals surface area (Å²) >= 11 is 0. The second-order valence-corrected chi connectivity index (χ2v) is 20.2. The highest BCUT2D eigenvalue weighted by atomic mass is 16.5. The standard InChI is InChI=1S/C21H28N2O6.C21H31NO6.C12H17NO2/c1-6-14(19(27)29-5)16-15(17(25)23(4)18(16)26)11-21(2,3)20(28)22-12-7-9-13(24)10-8-12;1-7-14(17(24)27-5)12-21(4,19(26)28-6)13-20(2,3)18(25)22-15-8-10-16(23)11-9-15;1-4-12(2,3)11(15)13-9-5-7-10(14)8-6-9/h7-10,14-16,24H,6,11H2,1-5H3,(H,22,28);8-11,14,23H,7,12-13H2,1-6H3,(H,22,25);5-8,14H,4H2,1-3H3,(H,13,15). The number of ether oxygens (including phenoxy) is 3. The smallest absolute Gasteiger partial charge is 0.311 e. The van der Waals surface area contributed by atoms with Gasteiger partial charge in [-0.05, 0) is 118 Å². The van der Waals surface area contributed by atoms with Gasteiger partial charge in [-0.25, -0.2) is 0 Å². The molecule has 5 amide bonds. The first kappa shape index (κ1) is 61.1. The molecule has 3 aromatic rings. The quantitative estimate of drug-likeness (QED) is 0.0285. The fourth-order valence-electron chi connectivity index (χ4n) is 8.26. The van der Waals surface area contributed by atoms with Crippen LogP contribution in [0.5, 0.6) is 17.2 Å². The molecule has 1 aliphatic rings. The molecule has 1 heterocycles. The number of phenolic OH excluding ortho intramolecular Hbond substituents is 3. The van der Waals surface area contributed by atoms with Crippen LogP contribution in [0.25, 0.3) is 0 Å². The van der Waals surface area contributed by atoms with Crippen LogP contribution in [0.15, 0.2) is 72.8 Å². The van der Waals surface area contributed by atoms with Gasteiger partial charge in [0.2, 0.25) is 29.5 Å². The number of carbonyl (C=O) groups excluding carboxylic acids is 8. The lowest BCUT2D eigenvalue weighted by Gasteiger charge is -2.36. The number of nitrogens with one attached hydrogen (secondary N) is 3. The minimum atomic E-state index is -1.04. The van der Waals surface area contributed by atoms with Crippen molar-refractivity contribution >= 4 is 64.5 Å². The second kappa shape index (κ2) is 26.5. The molecule has 18 heteroatoms. The van der Waals surface area contributed by atoms with Crippen LogP contribution in [0.4, 0.5) is 17.1 Å². The minimum absolute atomic E-state index is 0.00399. The van der Waals surface area contributed by atoms with Gasteiger partial charge in [0.25, 0.3) is 0 Å². The summed E-state index contributed by atoms with van der Waals surface area (Å²) in [5.41, 5.74) is -1.57. The van der Waals surface area contributed by atoms with Crippen molar-refractivity contribution in [3.05, 3.63) is 72.8 Å². The van der Waals surface area contributed by atoms with E-state index in [4.69, 9.17) is 19.3 Å². The summed E-state index contributed by atoms with van der Waals surface area (Å²) in [4.78, 5) is 101. The SMILES string of the molecule is CCC(C(=O)OC)C1C(=O)N(C)C(=O)C1CC(C)(C)C(=O)Nc1ccc(O)cc1.CCC(C)(C)C(=O)Nc1ccc(O)cc1.CCC(CC(C)(CC(C)(C)C(=O)Nc1ccc(O)cc1)C(=O)OC)C(=O)OC. The van der Waals surface area contributed by atoms with Crippen LogP contribution >= 0.6 is 0 Å². The van der Waals surface area contributed by atoms with Crippen LogP contribution in [0.1, 0.15) is 108 Å². The molecule has 5 atom stereocenters. The molecule has 396 valence electrons. The number of aromatic hydroxyl groups is 3. The Morgan fingerprint density at radius 1 is 0.569 bits per heavy atom. The lowest BCUT2D eigenvalue weighted by atomic mass is 9.69. The Morgan fingerprint density at radius 3 is 1.31 bits per heavy atom. The number of nitrogens with zero attached hydrogens (tertiary/aromatic N) is 1. The van der Waals surface area contributed by atoms with Crippen molar-refractivity contribution in [2.45, 2.75) is 108 Å². The zero-order valence-corrected chi connectivity index (χ0v) is 44.3. The van der Waals surface area contributed by atoms with Gasteiger partial charge in [-0.15, -0.1) is 0 Å². The number of anilines is 3. The molecule has 72 heavy (non-hydrogen) atoms. The third-order valence-corrected chi connectivity index (χ3v) is 13.1. The maximum Gasteiger partial charge on any atom is 0.311 e. The van der Waals surface area contributed by atoms with Crippen molar-refractivity contribution < 1.29 is 67.9 Å². The topological polar surface area (TPSA) is 264 Å². The van der Waals surface area contributed by atoms with E-state index in [0.717, 1.165) is 11.3 Å². The maximum absolute atomic E-state index is 12.8. The molecule has 3 aromatic carbocycles. The molecule has 0 aliphatic carbocycles. The molecule has 4 rings (SSSR count). The number of amides is 5. The highest BCUT2D eigenvalue weighted by molar-refractivity contribution is 6.07. The molecule has 1 fully saturated rings. The van der Waals surface area contributed by atoms with E-state index in [1.807, 2.05) is 27.7 Å². The zero-order chi connectivity index (χ0) is 54.9. The average molecular weight is 1010 g/mol. The van der Waals surface area contributed by atoms with Crippen LogP contribution in [0.2, 0.25) is 0 Å². The predicted octanol–water partition coefficient (Wildman–Crippen LogP) is 8.46. The second-order valence-electron chi connectivity index (χ2n) is 20.2. The van der Waals surface area contributed by atoms with Crippen LogP contribution in [-0.4, -0.2) is 96.0 Å². The Bertz CT molecular complexity index is 2350. The van der Waals surface area contributed by atoms with Gasteiger partial charge >= 0.3 is 17.9 Å². The number of benzene rings is 3. The molecule has 0 aromatic heterocycles. The molecule has 0 spiro atoms. The van der Waals surface area contributed by atoms with Crippen LogP contribution in [0.3, 0.4) is 0 Å². The molecule has 0 radical (unpaired) electrons. The first-order valence-electron chi connectivity index (χ1n) is 23.8. The fraction of sp³-hybridized carbons (Fsp3) is 0.519. The van der Waals surface area contributed by atoms with Gasteiger partial charge < -0.3 is 45.5 Å². The first-order valence-corrected chi connectivity index (χ1v) is 23.8. The molecule has 18 nitrogen and oxygen atoms in total. The normalized spacial score (nSPS) is 16.2. The number of esters is 3. The molecule has 0 saturated carbocycles. The van der Waals surface area contributed by atoms with E-state index in [1.54, 1.807) is 90.1 Å². The van der Waals surface area contributed by atoms with E-state index >= 15 is 0 Å². The van der Waals surface area contributed by atoms with Crippen molar-refractivity contribution in [1.82, 2.24) is 4.90 Å². The van der Waals surface area contributed by atoms with Crippen LogP contribution < -0.4 is 16.0 Å². The van der Waals surface area contributed by atoms with E-state index in [0.29, 0.717) is 29.9 Å². The van der Waals surface area contributed by atoms with Crippen molar-refractivity contribution in [1.29, 1.82) is 0 Å². The Morgan fingerprint density at radius 2 is 0.958 bits per heavy atom. The van der Waals surface area contributed by atoms with Crippen molar-refractivity contribution in [2.75, 3.05) is 44.3 Å². The molecular formula is C54H76N4O14. The third kappa shape index (κ3) is 16.8. The Labute approximate surface area is 423 Å². The van der Waals surface area contributed by atoms with Crippen molar-refractivity contribution in [2.24, 2.45) is 45.3 Å². The number of phenols is 3. The van der Waals surface area contributed by atoms with Gasteiger partial charge in [0.1, 0.15) is 17.2 Å². The largest absolute Gasteiger partial charge is 0.508 e. The number of methoxy groups -OCH3 is 3. The van der Waals surface area contributed by atoms with E-state index in [-0.39, 0.29) is 65.6 Å². The van der Waals surface area contributed by atoms with E-state index < -0.39 is 63.7 Å². The van der Waals surface area contributed by atoms with E-state index in [9.17, 15) is 48.6 Å². The van der Waals surface area contributed by atoms with Gasteiger partial charge in [-0.3, -0.25) is 43.3 Å². The lowest BCUT2D eigenvalue weighted by molar-refractivity contribution is -0.158. The summed E-state index contributed by atoms with van der Waals surface area (Å²) in [5, 5.41) is 36.2. The summed E-state index contributed by atoms with van der Waals surface area (Å²) in [6.07, 6.45) is 2.16. The monoisotopic (exact) mass is 1000 g/mol. The van der Waals surface area contributed by atoms with E-state index in [1.165, 1.54) is 52.6 Å². The van der Waals surface area contributed by atoms with Gasteiger partial charge in [0.15, 0.2) is 0 Å². The lowest BCUT2D eigenvalue weighted by Crippen LogP contribution is -2.42. The number of carbonyl (C=O) groups is 8. The van der Waals surface area contributed by atoms with Crippen molar-refractivity contribution in [3.63, 3.8) is 0 Å². The maximum atomic E-state index is 12.8. The number of hydrogen-bond acceptors (Lipinski definition) is 14. The van der Waals surface area contributed by atoms with Gasteiger partial charge in [0, 0.05) is 40.4 Å². The molecule has 1 aliphatic heterocycles. The number of likely N-dealkylation sites (tertiary alicyclic amines) is 1. The van der Waals surface area contributed by atoms with E-state index in [2.05, 4.69) is 16.0 Å². The minimum Gasteiger partial charge on any atom is -0.508 e. The van der Waals surface area contributed by atoms with Crippen LogP contribution in [0, 0.1) is 45.3 Å². The Hall–Kier alpha value is -6.98. The summed E-state index contributed by atoms with van der Waals surface area (Å²) in [5.74, 6) is -5.31. The molecule has 6 N–H and O–H groups in total. The molecule has 5 unspecified atom stereocenters. The number of imide groups is 1. The van der Waals surface area contributed by atoms with Gasteiger partial charge in [0.05, 0.1) is 50.4 Å². The highest BCUT2D eigenvalue weighted by Crippen LogP contribution is 2.43. The average Bonchev–Trinajstić information content (AvgIpc) is 3.54. The molecular weight excluding hydrogens is 929 g/mol. The predicted molar refractivity (Wildman–Crippen MR) is 272 cm³/mol. The molecule has 1 saturated heterocycles. The third-order valence-electron chi connectivity index (χ3n) is 13.1. The van der Waals surface area contributed by atoms with Gasteiger partial charge in [-0.1, -0.05) is 62.3 Å². The number of rotatable bonds is 19. The van der Waals surface area contributed by atoms with Crippen molar-refractivity contribution in [3.8, 4) is 17.2 Å². The fourth-order valence-corrected chi connectivity index (χ4v) is 8.26. The van der Waals surface area contributed by atoms with Crippen LogP contribution in [-0.2, 0) is 52.6 Å².